The maximum Gasteiger partial charge on any atom is 0.251 e. The molecule has 0 bridgehead atoms. The summed E-state index contributed by atoms with van der Waals surface area (Å²) in [6.07, 6.45) is 2.83. The first-order chi connectivity index (χ1) is 11.2. The number of amides is 1. The summed E-state index contributed by atoms with van der Waals surface area (Å²) < 4.78 is 23.3. The average molecular weight is 346 g/mol. The first kappa shape index (κ1) is 18.1. The second kappa shape index (κ2) is 7.13. The number of hydrogen-bond donors (Lipinski definition) is 1. The van der Waals surface area contributed by atoms with Gasteiger partial charge in [-0.05, 0) is 42.7 Å². The number of rotatable bonds is 5. The molecule has 0 aliphatic heterocycles. The van der Waals surface area contributed by atoms with Gasteiger partial charge < -0.3 is 5.32 Å². The number of nitrogens with one attached hydrogen (secondary N) is 1. The summed E-state index contributed by atoms with van der Waals surface area (Å²) in [6.45, 7) is 5.96. The van der Waals surface area contributed by atoms with Crippen molar-refractivity contribution in [2.45, 2.75) is 31.7 Å². The topological polar surface area (TPSA) is 76.1 Å². The van der Waals surface area contributed by atoms with Crippen molar-refractivity contribution >= 4 is 15.7 Å². The van der Waals surface area contributed by atoms with E-state index in [1.54, 1.807) is 18.3 Å². The second-order valence-corrected chi connectivity index (χ2v) is 8.22. The maximum absolute atomic E-state index is 12.6. The molecule has 0 saturated heterocycles. The van der Waals surface area contributed by atoms with Crippen molar-refractivity contribution in [1.82, 2.24) is 10.3 Å². The SMILES string of the molecule is Cc1cccnc1C(NC(=O)c1cccc(S(C)(=O)=O)c1)C(C)C. The third-order valence-electron chi connectivity index (χ3n) is 3.82. The molecule has 1 atom stereocenters. The van der Waals surface area contributed by atoms with Crippen LogP contribution in [0.3, 0.4) is 0 Å². The van der Waals surface area contributed by atoms with Gasteiger partial charge in [0.15, 0.2) is 9.84 Å². The molecule has 0 saturated carbocycles. The summed E-state index contributed by atoms with van der Waals surface area (Å²) >= 11 is 0. The molecule has 6 heteroatoms. The van der Waals surface area contributed by atoms with Crippen LogP contribution in [0.2, 0.25) is 0 Å². The minimum Gasteiger partial charge on any atom is -0.343 e. The number of pyridine rings is 1. The van der Waals surface area contributed by atoms with E-state index in [2.05, 4.69) is 10.3 Å². The molecule has 1 heterocycles. The van der Waals surface area contributed by atoms with Gasteiger partial charge in [0, 0.05) is 18.0 Å². The van der Waals surface area contributed by atoms with Gasteiger partial charge in [0.2, 0.25) is 0 Å². The van der Waals surface area contributed by atoms with E-state index in [1.165, 1.54) is 12.1 Å². The van der Waals surface area contributed by atoms with Crippen LogP contribution in [0, 0.1) is 12.8 Å². The number of hydrogen-bond acceptors (Lipinski definition) is 4. The van der Waals surface area contributed by atoms with Gasteiger partial charge in [-0.15, -0.1) is 0 Å². The molecule has 1 amide bonds. The Labute approximate surface area is 143 Å². The van der Waals surface area contributed by atoms with Crippen LogP contribution in [-0.2, 0) is 9.84 Å². The summed E-state index contributed by atoms with van der Waals surface area (Å²) in [7, 11) is -3.35. The zero-order chi connectivity index (χ0) is 17.9. The standard InChI is InChI=1S/C18H22N2O3S/c1-12(2)16(17-13(3)7-6-10-19-17)20-18(21)14-8-5-9-15(11-14)24(4,22)23/h5-12,16H,1-4H3,(H,20,21). The van der Waals surface area contributed by atoms with Crippen LogP contribution in [0.5, 0.6) is 0 Å². The number of sulfone groups is 1. The van der Waals surface area contributed by atoms with Crippen LogP contribution in [0.4, 0.5) is 0 Å². The number of aryl methyl sites for hydroxylation is 1. The number of carbonyl (C=O) groups is 1. The fraction of sp³-hybridized carbons (Fsp3) is 0.333. The van der Waals surface area contributed by atoms with Gasteiger partial charge in [0.25, 0.3) is 5.91 Å². The summed E-state index contributed by atoms with van der Waals surface area (Å²) in [5.74, 6) is -0.176. The molecule has 1 aromatic carbocycles. The monoisotopic (exact) mass is 346 g/mol. The highest BCUT2D eigenvalue weighted by Crippen LogP contribution is 2.23. The fourth-order valence-corrected chi connectivity index (χ4v) is 3.13. The number of aromatic nitrogens is 1. The lowest BCUT2D eigenvalue weighted by Crippen LogP contribution is -2.33. The minimum atomic E-state index is -3.35. The molecule has 0 spiro atoms. The van der Waals surface area contributed by atoms with Crippen molar-refractivity contribution in [2.24, 2.45) is 5.92 Å². The van der Waals surface area contributed by atoms with Gasteiger partial charge in [-0.25, -0.2) is 8.42 Å². The van der Waals surface area contributed by atoms with E-state index in [0.717, 1.165) is 17.5 Å². The van der Waals surface area contributed by atoms with Crippen LogP contribution in [0.25, 0.3) is 0 Å². The van der Waals surface area contributed by atoms with Crippen molar-refractivity contribution in [3.8, 4) is 0 Å². The predicted molar refractivity (Wildman–Crippen MR) is 93.6 cm³/mol. The zero-order valence-electron chi connectivity index (χ0n) is 14.3. The molecular formula is C18H22N2O3S. The maximum atomic E-state index is 12.6. The summed E-state index contributed by atoms with van der Waals surface area (Å²) in [5.41, 5.74) is 2.14. The lowest BCUT2D eigenvalue weighted by molar-refractivity contribution is 0.0924. The summed E-state index contributed by atoms with van der Waals surface area (Å²) in [6, 6.07) is 9.61. The number of nitrogens with zero attached hydrogens (tertiary/aromatic N) is 1. The third kappa shape index (κ3) is 4.20. The van der Waals surface area contributed by atoms with Crippen LogP contribution < -0.4 is 5.32 Å². The quantitative estimate of drug-likeness (QED) is 0.903. The zero-order valence-corrected chi connectivity index (χ0v) is 15.1. The molecule has 128 valence electrons. The molecule has 1 N–H and O–H groups in total. The molecule has 5 nitrogen and oxygen atoms in total. The Morgan fingerprint density at radius 3 is 2.46 bits per heavy atom. The van der Waals surface area contributed by atoms with Crippen molar-refractivity contribution in [1.29, 1.82) is 0 Å². The molecule has 0 aliphatic carbocycles. The van der Waals surface area contributed by atoms with E-state index in [0.29, 0.717) is 5.56 Å². The first-order valence-corrected chi connectivity index (χ1v) is 9.62. The van der Waals surface area contributed by atoms with E-state index in [9.17, 15) is 13.2 Å². The number of carbonyl (C=O) groups excluding carboxylic acids is 1. The highest BCUT2D eigenvalue weighted by molar-refractivity contribution is 7.90. The number of benzene rings is 1. The highest BCUT2D eigenvalue weighted by Gasteiger charge is 2.22. The molecule has 0 aliphatic rings. The van der Waals surface area contributed by atoms with Crippen LogP contribution in [0.1, 0.15) is 41.5 Å². The van der Waals surface area contributed by atoms with E-state index in [-0.39, 0.29) is 22.8 Å². The van der Waals surface area contributed by atoms with Crippen molar-refractivity contribution in [2.75, 3.05) is 6.26 Å². The van der Waals surface area contributed by atoms with Crippen LogP contribution in [0.15, 0.2) is 47.5 Å². The Bertz CT molecular complexity index is 845. The van der Waals surface area contributed by atoms with E-state index in [4.69, 9.17) is 0 Å². The Hall–Kier alpha value is -2.21. The second-order valence-electron chi connectivity index (χ2n) is 6.20. The van der Waals surface area contributed by atoms with Gasteiger partial charge >= 0.3 is 0 Å². The van der Waals surface area contributed by atoms with Gasteiger partial charge in [-0.1, -0.05) is 26.0 Å². The van der Waals surface area contributed by atoms with Crippen molar-refractivity contribution in [3.05, 3.63) is 59.4 Å². The van der Waals surface area contributed by atoms with Crippen LogP contribution in [-0.4, -0.2) is 25.6 Å². The normalized spacial score (nSPS) is 12.9. The van der Waals surface area contributed by atoms with Gasteiger partial charge in [0.05, 0.1) is 16.6 Å². The average Bonchev–Trinajstić information content (AvgIpc) is 2.52. The Balaban J connectivity index is 2.31. The highest BCUT2D eigenvalue weighted by atomic mass is 32.2. The Morgan fingerprint density at radius 2 is 1.88 bits per heavy atom. The molecule has 24 heavy (non-hydrogen) atoms. The first-order valence-electron chi connectivity index (χ1n) is 7.72. The molecule has 2 rings (SSSR count). The smallest absolute Gasteiger partial charge is 0.251 e. The molecule has 1 unspecified atom stereocenters. The van der Waals surface area contributed by atoms with E-state index < -0.39 is 9.84 Å². The predicted octanol–water partition coefficient (Wildman–Crippen LogP) is 2.92. The van der Waals surface area contributed by atoms with Crippen LogP contribution >= 0.6 is 0 Å². The van der Waals surface area contributed by atoms with Crippen molar-refractivity contribution in [3.63, 3.8) is 0 Å². The van der Waals surface area contributed by atoms with Crippen molar-refractivity contribution < 1.29 is 13.2 Å². The molecular weight excluding hydrogens is 324 g/mol. The summed E-state index contributed by atoms with van der Waals surface area (Å²) in [4.78, 5) is 17.1. The molecule has 2 aromatic rings. The van der Waals surface area contributed by atoms with Gasteiger partial charge in [0.1, 0.15) is 0 Å². The Kier molecular flexibility index (Phi) is 5.39. The lowest BCUT2D eigenvalue weighted by Gasteiger charge is -2.23. The molecule has 0 fully saturated rings. The molecule has 1 aromatic heterocycles. The summed E-state index contributed by atoms with van der Waals surface area (Å²) in [5, 5.41) is 2.97. The van der Waals surface area contributed by atoms with Gasteiger partial charge in [-0.3, -0.25) is 9.78 Å². The lowest BCUT2D eigenvalue weighted by atomic mass is 9.97. The van der Waals surface area contributed by atoms with Gasteiger partial charge in [-0.2, -0.15) is 0 Å². The van der Waals surface area contributed by atoms with E-state index in [1.807, 2.05) is 32.9 Å². The Morgan fingerprint density at radius 1 is 1.17 bits per heavy atom. The largest absolute Gasteiger partial charge is 0.343 e. The van der Waals surface area contributed by atoms with E-state index >= 15 is 0 Å². The minimum absolute atomic E-state index is 0.130. The molecule has 0 radical (unpaired) electrons. The fourth-order valence-electron chi connectivity index (χ4n) is 2.47. The third-order valence-corrected chi connectivity index (χ3v) is 4.93.